The molecule has 0 amide bonds. The minimum absolute atomic E-state index is 0.382. The lowest BCUT2D eigenvalue weighted by atomic mass is 9.68. The van der Waals surface area contributed by atoms with Gasteiger partial charge in [0.15, 0.2) is 0 Å². The smallest absolute Gasteiger partial charge is 0.0733 e. The molecule has 2 saturated carbocycles. The summed E-state index contributed by atoms with van der Waals surface area (Å²) in [5, 5.41) is 3.88. The molecule has 0 heterocycles. The van der Waals surface area contributed by atoms with Gasteiger partial charge in [-0.3, -0.25) is 0 Å². The van der Waals surface area contributed by atoms with Crippen LogP contribution in [-0.2, 0) is 11.3 Å². The maximum Gasteiger partial charge on any atom is 0.0733 e. The first kappa shape index (κ1) is 13.9. The van der Waals surface area contributed by atoms with E-state index in [4.69, 9.17) is 4.74 Å². The molecule has 2 nitrogen and oxygen atoms in total. The molecule has 2 bridgehead atoms. The van der Waals surface area contributed by atoms with Crippen molar-refractivity contribution in [2.24, 2.45) is 16.7 Å². The highest BCUT2D eigenvalue weighted by molar-refractivity contribution is 5.52. The molecule has 1 N–H and O–H groups in total. The summed E-state index contributed by atoms with van der Waals surface area (Å²) >= 11 is 0. The SMILES string of the molecule is COCc1ccccc1NC1C2(C)CCC(C2)C1(C)C. The van der Waals surface area contributed by atoms with Crippen molar-refractivity contribution in [3.05, 3.63) is 29.8 Å². The summed E-state index contributed by atoms with van der Waals surface area (Å²) in [4.78, 5) is 0. The zero-order valence-electron chi connectivity index (χ0n) is 13.2. The van der Waals surface area contributed by atoms with Crippen LogP contribution in [0.2, 0.25) is 0 Å². The van der Waals surface area contributed by atoms with Crippen molar-refractivity contribution in [3.8, 4) is 0 Å². The third kappa shape index (κ3) is 2.05. The molecular formula is C18H27NO. The van der Waals surface area contributed by atoms with Gasteiger partial charge in [-0.05, 0) is 42.1 Å². The summed E-state index contributed by atoms with van der Waals surface area (Å²) < 4.78 is 5.33. The van der Waals surface area contributed by atoms with Gasteiger partial charge in [0.1, 0.15) is 0 Å². The van der Waals surface area contributed by atoms with Crippen molar-refractivity contribution in [1.82, 2.24) is 0 Å². The number of ether oxygens (including phenoxy) is 1. The van der Waals surface area contributed by atoms with Crippen LogP contribution in [0.25, 0.3) is 0 Å². The van der Waals surface area contributed by atoms with E-state index in [1.165, 1.54) is 30.5 Å². The van der Waals surface area contributed by atoms with Crippen LogP contribution in [0.15, 0.2) is 24.3 Å². The van der Waals surface area contributed by atoms with Crippen LogP contribution in [0, 0.1) is 16.7 Å². The van der Waals surface area contributed by atoms with Crippen LogP contribution in [0.1, 0.15) is 45.6 Å². The van der Waals surface area contributed by atoms with E-state index in [0.717, 1.165) is 5.92 Å². The first-order chi connectivity index (χ1) is 9.47. The Bertz CT molecular complexity index is 491. The van der Waals surface area contributed by atoms with Crippen molar-refractivity contribution in [2.75, 3.05) is 12.4 Å². The highest BCUT2D eigenvalue weighted by atomic mass is 16.5. The predicted molar refractivity (Wildman–Crippen MR) is 83.8 cm³/mol. The van der Waals surface area contributed by atoms with Crippen molar-refractivity contribution in [1.29, 1.82) is 0 Å². The second-order valence-corrected chi connectivity index (χ2v) is 7.58. The zero-order chi connectivity index (χ0) is 14.4. The summed E-state index contributed by atoms with van der Waals surface area (Å²) in [6, 6.07) is 9.12. The quantitative estimate of drug-likeness (QED) is 0.874. The number of rotatable bonds is 4. The van der Waals surface area contributed by atoms with E-state index in [-0.39, 0.29) is 0 Å². The van der Waals surface area contributed by atoms with Gasteiger partial charge in [-0.2, -0.15) is 0 Å². The monoisotopic (exact) mass is 273 g/mol. The number of para-hydroxylation sites is 1. The predicted octanol–water partition coefficient (Wildman–Crippen LogP) is 4.46. The fraction of sp³-hybridized carbons (Fsp3) is 0.667. The Morgan fingerprint density at radius 1 is 1.25 bits per heavy atom. The average Bonchev–Trinajstić information content (AvgIpc) is 2.88. The highest BCUT2D eigenvalue weighted by Crippen LogP contribution is 2.63. The van der Waals surface area contributed by atoms with E-state index >= 15 is 0 Å². The standard InChI is InChI=1S/C18H27NO/c1-17(2)14-9-10-18(3,11-14)16(17)19-15-8-6-5-7-13(15)12-20-4/h5-8,14,16,19H,9-12H2,1-4H3. The summed E-state index contributed by atoms with van der Waals surface area (Å²) in [6.07, 6.45) is 4.15. The summed E-state index contributed by atoms with van der Waals surface area (Å²) in [6.45, 7) is 8.03. The molecule has 0 saturated heterocycles. The number of hydrogen-bond acceptors (Lipinski definition) is 2. The normalized spacial score (nSPS) is 34.4. The van der Waals surface area contributed by atoms with E-state index in [2.05, 4.69) is 50.4 Å². The minimum Gasteiger partial charge on any atom is -0.381 e. The number of fused-ring (bicyclic) bond motifs is 2. The van der Waals surface area contributed by atoms with Crippen LogP contribution in [0.4, 0.5) is 5.69 Å². The van der Waals surface area contributed by atoms with E-state index in [1.54, 1.807) is 7.11 Å². The molecule has 3 atom stereocenters. The lowest BCUT2D eigenvalue weighted by Gasteiger charge is -2.44. The van der Waals surface area contributed by atoms with Gasteiger partial charge >= 0.3 is 0 Å². The fourth-order valence-electron chi connectivity index (χ4n) is 4.76. The Morgan fingerprint density at radius 3 is 2.65 bits per heavy atom. The number of hydrogen-bond donors (Lipinski definition) is 1. The third-order valence-electron chi connectivity index (χ3n) is 5.89. The Morgan fingerprint density at radius 2 is 2.00 bits per heavy atom. The molecule has 2 aliphatic carbocycles. The number of benzene rings is 1. The lowest BCUT2D eigenvalue weighted by molar-refractivity contribution is 0.154. The maximum atomic E-state index is 5.33. The molecule has 1 aromatic carbocycles. The molecule has 0 aromatic heterocycles. The second kappa shape index (κ2) is 4.77. The topological polar surface area (TPSA) is 21.3 Å². The Hall–Kier alpha value is -1.02. The highest BCUT2D eigenvalue weighted by Gasteiger charge is 2.59. The average molecular weight is 273 g/mol. The van der Waals surface area contributed by atoms with Gasteiger partial charge in [0.2, 0.25) is 0 Å². The summed E-state index contributed by atoms with van der Waals surface area (Å²) in [5.41, 5.74) is 3.35. The molecule has 110 valence electrons. The van der Waals surface area contributed by atoms with Crippen LogP contribution in [-0.4, -0.2) is 13.2 Å². The molecule has 3 unspecified atom stereocenters. The van der Waals surface area contributed by atoms with Crippen molar-refractivity contribution in [2.45, 2.75) is 52.7 Å². The minimum atomic E-state index is 0.382. The lowest BCUT2D eigenvalue weighted by Crippen LogP contribution is -2.45. The van der Waals surface area contributed by atoms with E-state index in [9.17, 15) is 0 Å². The Balaban J connectivity index is 1.88. The van der Waals surface area contributed by atoms with Crippen LogP contribution < -0.4 is 5.32 Å². The van der Waals surface area contributed by atoms with E-state index in [0.29, 0.717) is 23.5 Å². The molecule has 2 aliphatic rings. The van der Waals surface area contributed by atoms with Crippen molar-refractivity contribution >= 4 is 5.69 Å². The maximum absolute atomic E-state index is 5.33. The Labute approximate surface area is 122 Å². The third-order valence-corrected chi connectivity index (χ3v) is 5.89. The Kier molecular flexibility index (Phi) is 3.32. The largest absolute Gasteiger partial charge is 0.381 e. The molecule has 0 radical (unpaired) electrons. The molecule has 0 spiro atoms. The fourth-order valence-corrected chi connectivity index (χ4v) is 4.76. The summed E-state index contributed by atoms with van der Waals surface area (Å²) in [7, 11) is 1.76. The number of nitrogens with one attached hydrogen (secondary N) is 1. The van der Waals surface area contributed by atoms with E-state index in [1.807, 2.05) is 0 Å². The van der Waals surface area contributed by atoms with Gasteiger partial charge < -0.3 is 10.1 Å². The van der Waals surface area contributed by atoms with Gasteiger partial charge in [0, 0.05) is 24.4 Å². The van der Waals surface area contributed by atoms with Gasteiger partial charge in [-0.15, -0.1) is 0 Å². The zero-order valence-corrected chi connectivity index (χ0v) is 13.2. The van der Waals surface area contributed by atoms with Crippen molar-refractivity contribution < 1.29 is 4.74 Å². The number of anilines is 1. The first-order valence-corrected chi connectivity index (χ1v) is 7.81. The first-order valence-electron chi connectivity index (χ1n) is 7.81. The molecule has 0 aliphatic heterocycles. The van der Waals surface area contributed by atoms with Gasteiger partial charge in [0.25, 0.3) is 0 Å². The number of methoxy groups -OCH3 is 1. The second-order valence-electron chi connectivity index (χ2n) is 7.58. The van der Waals surface area contributed by atoms with Gasteiger partial charge in [-0.25, -0.2) is 0 Å². The van der Waals surface area contributed by atoms with Gasteiger partial charge in [0.05, 0.1) is 6.61 Å². The molecule has 2 heteroatoms. The van der Waals surface area contributed by atoms with Crippen molar-refractivity contribution in [3.63, 3.8) is 0 Å². The van der Waals surface area contributed by atoms with E-state index < -0.39 is 0 Å². The molecule has 20 heavy (non-hydrogen) atoms. The molecule has 3 rings (SSSR count). The molecule has 1 aromatic rings. The molecule has 2 fully saturated rings. The summed E-state index contributed by atoms with van der Waals surface area (Å²) in [5.74, 6) is 0.875. The van der Waals surface area contributed by atoms with Crippen LogP contribution >= 0.6 is 0 Å². The van der Waals surface area contributed by atoms with Gasteiger partial charge in [-0.1, -0.05) is 39.0 Å². The van der Waals surface area contributed by atoms with Crippen LogP contribution in [0.5, 0.6) is 0 Å². The van der Waals surface area contributed by atoms with Crippen LogP contribution in [0.3, 0.4) is 0 Å². The molecular weight excluding hydrogens is 246 g/mol.